The molecule has 2 N–H and O–H groups in total. The van der Waals surface area contributed by atoms with Gasteiger partial charge in [-0.25, -0.2) is 0 Å². The minimum absolute atomic E-state index is 0.0341. The molecule has 0 saturated heterocycles. The molecule has 0 aliphatic carbocycles. The summed E-state index contributed by atoms with van der Waals surface area (Å²) < 4.78 is 40.0. The van der Waals surface area contributed by atoms with Gasteiger partial charge in [0.15, 0.2) is 0 Å². The highest BCUT2D eigenvalue weighted by Gasteiger charge is 2.27. The second kappa shape index (κ2) is 8.80. The largest absolute Gasteiger partial charge is 0.411 e. The van der Waals surface area contributed by atoms with E-state index in [-0.39, 0.29) is 30.8 Å². The molecule has 0 bridgehead atoms. The minimum atomic E-state index is -4.43. The van der Waals surface area contributed by atoms with Crippen molar-refractivity contribution in [3.63, 3.8) is 0 Å². The number of anilines is 1. The van der Waals surface area contributed by atoms with E-state index in [4.69, 9.17) is 6.42 Å². The second-order valence-electron chi connectivity index (χ2n) is 4.40. The first-order valence-corrected chi connectivity index (χ1v) is 6.58. The highest BCUT2D eigenvalue weighted by atomic mass is 19.4. The first-order chi connectivity index (χ1) is 10.8. The number of rotatable bonds is 7. The van der Waals surface area contributed by atoms with Gasteiger partial charge in [-0.2, -0.15) is 13.2 Å². The fourth-order valence-electron chi connectivity index (χ4n) is 1.58. The third-order valence-corrected chi connectivity index (χ3v) is 2.54. The highest BCUT2D eigenvalue weighted by molar-refractivity contribution is 6.03. The Hall–Kier alpha value is -2.53. The maximum atomic E-state index is 11.9. The van der Waals surface area contributed by atoms with Gasteiger partial charge < -0.3 is 15.4 Å². The number of benzene rings is 1. The standard InChI is InChI=1S/C15H15F3N2O3/c1-2-8-19-14(22)11-5-3-4-6-12(11)20-13(21)7-9-23-10-15(16,17)18/h1,3-6H,7-10H2,(H,19,22)(H,20,21). The minimum Gasteiger partial charge on any atom is -0.372 e. The molecular weight excluding hydrogens is 313 g/mol. The molecule has 0 aromatic heterocycles. The molecule has 1 aromatic rings. The maximum absolute atomic E-state index is 11.9. The molecule has 0 spiro atoms. The predicted octanol–water partition coefficient (Wildman–Crippen LogP) is 1.96. The van der Waals surface area contributed by atoms with Crippen LogP contribution in [-0.4, -0.2) is 37.7 Å². The van der Waals surface area contributed by atoms with Crippen molar-refractivity contribution in [2.24, 2.45) is 0 Å². The smallest absolute Gasteiger partial charge is 0.372 e. The molecule has 8 heteroatoms. The Balaban J connectivity index is 2.55. The summed E-state index contributed by atoms with van der Waals surface area (Å²) in [5, 5.41) is 4.91. The van der Waals surface area contributed by atoms with Crippen LogP contribution in [0.25, 0.3) is 0 Å². The Bertz CT molecular complexity index is 594. The van der Waals surface area contributed by atoms with Gasteiger partial charge in [0.25, 0.3) is 5.91 Å². The van der Waals surface area contributed by atoms with E-state index in [1.807, 2.05) is 0 Å². The van der Waals surface area contributed by atoms with Gasteiger partial charge in [-0.3, -0.25) is 9.59 Å². The summed E-state index contributed by atoms with van der Waals surface area (Å²) in [5.41, 5.74) is 0.440. The molecule has 0 aliphatic heterocycles. The summed E-state index contributed by atoms with van der Waals surface area (Å²) in [6.07, 6.45) is 0.344. The normalized spacial score (nSPS) is 10.7. The van der Waals surface area contributed by atoms with E-state index >= 15 is 0 Å². The van der Waals surface area contributed by atoms with Gasteiger partial charge in [0.1, 0.15) is 6.61 Å². The van der Waals surface area contributed by atoms with Gasteiger partial charge in [0.2, 0.25) is 5.91 Å². The molecular formula is C15H15F3N2O3. The topological polar surface area (TPSA) is 67.4 Å². The Morgan fingerprint density at radius 2 is 1.96 bits per heavy atom. The number of hydrogen-bond donors (Lipinski definition) is 2. The van der Waals surface area contributed by atoms with Crippen LogP contribution in [0.15, 0.2) is 24.3 Å². The number of carbonyl (C=O) groups is 2. The lowest BCUT2D eigenvalue weighted by molar-refractivity contribution is -0.174. The fraction of sp³-hybridized carbons (Fsp3) is 0.333. The van der Waals surface area contributed by atoms with Crippen molar-refractivity contribution in [3.05, 3.63) is 29.8 Å². The summed E-state index contributed by atoms with van der Waals surface area (Å²) >= 11 is 0. The van der Waals surface area contributed by atoms with Crippen LogP contribution in [0.1, 0.15) is 16.8 Å². The zero-order chi connectivity index (χ0) is 17.3. The maximum Gasteiger partial charge on any atom is 0.411 e. The van der Waals surface area contributed by atoms with Crippen molar-refractivity contribution in [2.75, 3.05) is 25.1 Å². The summed E-state index contributed by atoms with van der Waals surface area (Å²) in [7, 11) is 0. The van der Waals surface area contributed by atoms with Crippen molar-refractivity contribution in [1.29, 1.82) is 0 Å². The number of alkyl halides is 3. The van der Waals surface area contributed by atoms with Crippen LogP contribution in [0.2, 0.25) is 0 Å². The van der Waals surface area contributed by atoms with Crippen LogP contribution in [0, 0.1) is 12.3 Å². The molecule has 2 amide bonds. The van der Waals surface area contributed by atoms with Gasteiger partial charge in [0.05, 0.1) is 30.8 Å². The molecule has 23 heavy (non-hydrogen) atoms. The first kappa shape index (κ1) is 18.5. The molecule has 0 saturated carbocycles. The van der Waals surface area contributed by atoms with Crippen molar-refractivity contribution in [1.82, 2.24) is 5.32 Å². The predicted molar refractivity (Wildman–Crippen MR) is 77.7 cm³/mol. The van der Waals surface area contributed by atoms with Crippen LogP contribution < -0.4 is 10.6 Å². The number of hydrogen-bond acceptors (Lipinski definition) is 3. The van der Waals surface area contributed by atoms with Gasteiger partial charge in [-0.05, 0) is 12.1 Å². The van der Waals surface area contributed by atoms with Crippen molar-refractivity contribution >= 4 is 17.5 Å². The van der Waals surface area contributed by atoms with Gasteiger partial charge >= 0.3 is 6.18 Å². The summed E-state index contributed by atoms with van der Waals surface area (Å²) in [6.45, 7) is -1.76. The van der Waals surface area contributed by atoms with Crippen LogP contribution >= 0.6 is 0 Å². The number of ether oxygens (including phenoxy) is 1. The molecule has 0 atom stereocenters. The van der Waals surface area contributed by atoms with Crippen LogP contribution in [0.5, 0.6) is 0 Å². The van der Waals surface area contributed by atoms with E-state index in [9.17, 15) is 22.8 Å². The monoisotopic (exact) mass is 328 g/mol. The van der Waals surface area contributed by atoms with E-state index < -0.39 is 24.6 Å². The molecule has 0 heterocycles. The van der Waals surface area contributed by atoms with Crippen molar-refractivity contribution < 1.29 is 27.5 Å². The Morgan fingerprint density at radius 3 is 2.61 bits per heavy atom. The summed E-state index contributed by atoms with van der Waals surface area (Å²) in [4.78, 5) is 23.6. The van der Waals surface area contributed by atoms with Crippen molar-refractivity contribution in [3.8, 4) is 12.3 Å². The lowest BCUT2D eigenvalue weighted by atomic mass is 10.1. The van der Waals surface area contributed by atoms with E-state index in [0.717, 1.165) is 0 Å². The third-order valence-electron chi connectivity index (χ3n) is 2.54. The molecule has 1 aromatic carbocycles. The molecule has 0 fully saturated rings. The number of carbonyl (C=O) groups excluding carboxylic acids is 2. The molecule has 0 radical (unpaired) electrons. The van der Waals surface area contributed by atoms with Gasteiger partial charge in [0, 0.05) is 0 Å². The lowest BCUT2D eigenvalue weighted by Crippen LogP contribution is -2.25. The quantitative estimate of drug-likeness (QED) is 0.594. The zero-order valence-corrected chi connectivity index (χ0v) is 12.1. The van der Waals surface area contributed by atoms with Crippen LogP contribution in [0.4, 0.5) is 18.9 Å². The molecule has 0 unspecified atom stereocenters. The van der Waals surface area contributed by atoms with Gasteiger partial charge in [-0.15, -0.1) is 6.42 Å². The Morgan fingerprint density at radius 1 is 1.26 bits per heavy atom. The number of nitrogens with one attached hydrogen (secondary N) is 2. The van der Waals surface area contributed by atoms with Crippen LogP contribution in [0.3, 0.4) is 0 Å². The lowest BCUT2D eigenvalue weighted by Gasteiger charge is -2.11. The number of amides is 2. The molecule has 1 rings (SSSR count). The van der Waals surface area contributed by atoms with Gasteiger partial charge in [-0.1, -0.05) is 18.1 Å². The Labute approximate surface area is 131 Å². The highest BCUT2D eigenvalue weighted by Crippen LogP contribution is 2.16. The average molecular weight is 328 g/mol. The number of terminal acetylenes is 1. The fourth-order valence-corrected chi connectivity index (χ4v) is 1.58. The van der Waals surface area contributed by atoms with E-state index in [0.29, 0.717) is 0 Å². The van der Waals surface area contributed by atoms with Crippen LogP contribution in [-0.2, 0) is 9.53 Å². The Kier molecular flexibility index (Phi) is 7.09. The van der Waals surface area contributed by atoms with E-state index in [1.165, 1.54) is 12.1 Å². The van der Waals surface area contributed by atoms with E-state index in [2.05, 4.69) is 21.3 Å². The summed E-state index contributed by atoms with van der Waals surface area (Å²) in [5.74, 6) is 1.22. The number of para-hydroxylation sites is 1. The summed E-state index contributed by atoms with van der Waals surface area (Å²) in [6, 6.07) is 6.20. The van der Waals surface area contributed by atoms with Crippen molar-refractivity contribution in [2.45, 2.75) is 12.6 Å². The van der Waals surface area contributed by atoms with E-state index in [1.54, 1.807) is 12.1 Å². The first-order valence-electron chi connectivity index (χ1n) is 6.58. The molecule has 124 valence electrons. The average Bonchev–Trinajstić information content (AvgIpc) is 2.49. The molecule has 0 aliphatic rings. The third kappa shape index (κ3) is 7.33. The molecule has 5 nitrogen and oxygen atoms in total. The number of halogens is 3. The zero-order valence-electron chi connectivity index (χ0n) is 12.1. The SMILES string of the molecule is C#CCNC(=O)c1ccccc1NC(=O)CCOCC(F)(F)F. The second-order valence-corrected chi connectivity index (χ2v) is 4.40.